The molecule has 0 bridgehead atoms. The molecule has 2 heterocycles. The quantitative estimate of drug-likeness (QED) is 0.771. The number of hydrogen-bond donors (Lipinski definition) is 1. The van der Waals surface area contributed by atoms with E-state index in [1.54, 1.807) is 12.5 Å². The van der Waals surface area contributed by atoms with E-state index in [0.717, 1.165) is 30.6 Å². The summed E-state index contributed by atoms with van der Waals surface area (Å²) in [6.07, 6.45) is 7.25. The van der Waals surface area contributed by atoms with Gasteiger partial charge in [-0.15, -0.1) is 0 Å². The zero-order valence-electron chi connectivity index (χ0n) is 11.2. The van der Waals surface area contributed by atoms with Crippen LogP contribution in [0.2, 0.25) is 0 Å². The predicted octanol–water partition coefficient (Wildman–Crippen LogP) is 3.36. The second kappa shape index (κ2) is 5.65. The largest absolute Gasteiger partial charge is 0.472 e. The number of furan rings is 1. The highest BCUT2D eigenvalue weighted by Crippen LogP contribution is 2.24. The summed E-state index contributed by atoms with van der Waals surface area (Å²) in [6.45, 7) is 0.858. The molecule has 3 rings (SSSR count). The highest BCUT2D eigenvalue weighted by Gasteiger charge is 2.09. The van der Waals surface area contributed by atoms with Gasteiger partial charge >= 0.3 is 0 Å². The van der Waals surface area contributed by atoms with E-state index in [0.29, 0.717) is 5.69 Å². The second-order valence-corrected chi connectivity index (χ2v) is 4.80. The lowest BCUT2D eigenvalue weighted by Gasteiger charge is -2.02. The van der Waals surface area contributed by atoms with Crippen molar-refractivity contribution in [2.75, 3.05) is 5.73 Å². The Morgan fingerprint density at radius 2 is 2.00 bits per heavy atom. The highest BCUT2D eigenvalue weighted by atomic mass is 16.3. The summed E-state index contributed by atoms with van der Waals surface area (Å²) >= 11 is 0. The molecule has 0 atom stereocenters. The van der Waals surface area contributed by atoms with Gasteiger partial charge in [0.15, 0.2) is 0 Å². The molecule has 0 saturated carbocycles. The summed E-state index contributed by atoms with van der Waals surface area (Å²) in [7, 11) is 0. The lowest BCUT2D eigenvalue weighted by atomic mass is 10.1. The molecular weight excluding hydrogens is 250 g/mol. The molecule has 102 valence electrons. The van der Waals surface area contributed by atoms with Gasteiger partial charge in [0.25, 0.3) is 0 Å². The molecule has 2 N–H and O–H groups in total. The minimum atomic E-state index is 0.686. The van der Waals surface area contributed by atoms with Crippen molar-refractivity contribution in [3.8, 4) is 11.3 Å². The number of rotatable bonds is 5. The van der Waals surface area contributed by atoms with Crippen molar-refractivity contribution in [1.82, 2.24) is 9.78 Å². The lowest BCUT2D eigenvalue weighted by molar-refractivity contribution is 0.567. The smallest absolute Gasteiger partial charge is 0.118 e. The van der Waals surface area contributed by atoms with Crippen molar-refractivity contribution in [3.63, 3.8) is 0 Å². The number of anilines is 1. The summed E-state index contributed by atoms with van der Waals surface area (Å²) in [4.78, 5) is 0. The van der Waals surface area contributed by atoms with Crippen LogP contribution in [-0.4, -0.2) is 9.78 Å². The van der Waals surface area contributed by atoms with E-state index in [9.17, 15) is 0 Å². The molecule has 0 amide bonds. The van der Waals surface area contributed by atoms with Gasteiger partial charge in [0, 0.05) is 18.3 Å². The third-order valence-electron chi connectivity index (χ3n) is 3.28. The average Bonchev–Trinajstić information content (AvgIpc) is 3.09. The van der Waals surface area contributed by atoms with Gasteiger partial charge in [0.2, 0.25) is 0 Å². The molecule has 0 fully saturated rings. The van der Waals surface area contributed by atoms with Crippen LogP contribution in [-0.2, 0) is 13.0 Å². The van der Waals surface area contributed by atoms with Crippen LogP contribution >= 0.6 is 0 Å². The van der Waals surface area contributed by atoms with Gasteiger partial charge < -0.3 is 10.2 Å². The fourth-order valence-electron chi connectivity index (χ4n) is 2.26. The summed E-state index contributed by atoms with van der Waals surface area (Å²) in [5.74, 6) is 0. The van der Waals surface area contributed by atoms with Crippen LogP contribution < -0.4 is 5.73 Å². The fraction of sp³-hybridized carbons (Fsp3) is 0.188. The van der Waals surface area contributed by atoms with Gasteiger partial charge in [-0.3, -0.25) is 4.68 Å². The molecule has 20 heavy (non-hydrogen) atoms. The van der Waals surface area contributed by atoms with E-state index >= 15 is 0 Å². The maximum Gasteiger partial charge on any atom is 0.118 e. The first kappa shape index (κ1) is 12.5. The van der Waals surface area contributed by atoms with Crippen molar-refractivity contribution >= 4 is 5.69 Å². The summed E-state index contributed by atoms with van der Waals surface area (Å²) < 4.78 is 6.97. The van der Waals surface area contributed by atoms with Crippen molar-refractivity contribution in [2.24, 2.45) is 0 Å². The van der Waals surface area contributed by atoms with Gasteiger partial charge in [-0.25, -0.2) is 0 Å². The number of hydrogen-bond acceptors (Lipinski definition) is 3. The molecule has 0 aliphatic rings. The SMILES string of the molecule is Nc1cn(CCCc2ccccc2)nc1-c1ccoc1. The molecule has 0 radical (unpaired) electrons. The van der Waals surface area contributed by atoms with Crippen molar-refractivity contribution < 1.29 is 4.42 Å². The van der Waals surface area contributed by atoms with Crippen LogP contribution in [0.1, 0.15) is 12.0 Å². The fourth-order valence-corrected chi connectivity index (χ4v) is 2.26. The van der Waals surface area contributed by atoms with Gasteiger partial charge in [-0.1, -0.05) is 30.3 Å². The number of aryl methyl sites for hydroxylation is 2. The van der Waals surface area contributed by atoms with E-state index in [-0.39, 0.29) is 0 Å². The zero-order valence-corrected chi connectivity index (χ0v) is 11.2. The van der Waals surface area contributed by atoms with E-state index in [1.165, 1.54) is 5.56 Å². The predicted molar refractivity (Wildman–Crippen MR) is 79.1 cm³/mol. The minimum absolute atomic E-state index is 0.686. The minimum Gasteiger partial charge on any atom is -0.472 e. The van der Waals surface area contributed by atoms with E-state index in [1.807, 2.05) is 23.0 Å². The third kappa shape index (κ3) is 2.74. The van der Waals surface area contributed by atoms with E-state index in [2.05, 4.69) is 29.4 Å². The molecule has 0 aliphatic carbocycles. The standard InChI is InChI=1S/C16H17N3O/c17-15-11-19(18-16(15)14-8-10-20-12-14)9-4-7-13-5-2-1-3-6-13/h1-3,5-6,8,10-12H,4,7,9,17H2. The maximum absolute atomic E-state index is 5.99. The molecule has 3 aromatic rings. The van der Waals surface area contributed by atoms with Crippen LogP contribution in [0.5, 0.6) is 0 Å². The molecule has 0 unspecified atom stereocenters. The zero-order chi connectivity index (χ0) is 13.8. The van der Waals surface area contributed by atoms with Crippen molar-refractivity contribution in [1.29, 1.82) is 0 Å². The van der Waals surface area contributed by atoms with Crippen LogP contribution in [0.3, 0.4) is 0 Å². The van der Waals surface area contributed by atoms with Gasteiger partial charge in [-0.05, 0) is 24.5 Å². The second-order valence-electron chi connectivity index (χ2n) is 4.80. The van der Waals surface area contributed by atoms with E-state index < -0.39 is 0 Å². The molecular formula is C16H17N3O. The van der Waals surface area contributed by atoms with Crippen molar-refractivity contribution in [3.05, 3.63) is 60.7 Å². The number of aromatic nitrogens is 2. The monoisotopic (exact) mass is 267 g/mol. The van der Waals surface area contributed by atoms with Crippen LogP contribution in [0.4, 0.5) is 5.69 Å². The third-order valence-corrected chi connectivity index (χ3v) is 3.28. The number of nitrogens with zero attached hydrogens (tertiary/aromatic N) is 2. The number of nitrogen functional groups attached to an aromatic ring is 1. The maximum atomic E-state index is 5.99. The highest BCUT2D eigenvalue weighted by molar-refractivity contribution is 5.70. The lowest BCUT2D eigenvalue weighted by Crippen LogP contribution is -2.00. The molecule has 0 spiro atoms. The Bertz CT molecular complexity index is 656. The Morgan fingerprint density at radius 1 is 1.15 bits per heavy atom. The molecule has 2 aromatic heterocycles. The Balaban J connectivity index is 1.63. The van der Waals surface area contributed by atoms with Crippen LogP contribution in [0.15, 0.2) is 59.5 Å². The molecule has 0 aliphatic heterocycles. The van der Waals surface area contributed by atoms with E-state index in [4.69, 9.17) is 10.2 Å². The van der Waals surface area contributed by atoms with Gasteiger partial charge in [0.05, 0.1) is 18.2 Å². The number of nitrogens with two attached hydrogens (primary N) is 1. The Hall–Kier alpha value is -2.49. The molecule has 1 aromatic carbocycles. The number of benzene rings is 1. The summed E-state index contributed by atoms with van der Waals surface area (Å²) in [5, 5.41) is 4.52. The van der Waals surface area contributed by atoms with Crippen molar-refractivity contribution in [2.45, 2.75) is 19.4 Å². The summed E-state index contributed by atoms with van der Waals surface area (Å²) in [5.41, 5.74) is 9.74. The first-order valence-electron chi connectivity index (χ1n) is 6.72. The average molecular weight is 267 g/mol. The Morgan fingerprint density at radius 3 is 2.75 bits per heavy atom. The van der Waals surface area contributed by atoms with Crippen LogP contribution in [0.25, 0.3) is 11.3 Å². The first-order chi connectivity index (χ1) is 9.83. The molecule has 4 heteroatoms. The Kier molecular flexibility index (Phi) is 3.54. The first-order valence-corrected chi connectivity index (χ1v) is 6.72. The van der Waals surface area contributed by atoms with Crippen LogP contribution in [0, 0.1) is 0 Å². The Labute approximate surface area is 117 Å². The van der Waals surface area contributed by atoms with Gasteiger partial charge in [-0.2, -0.15) is 5.10 Å². The summed E-state index contributed by atoms with van der Waals surface area (Å²) in [6, 6.07) is 12.3. The molecule has 4 nitrogen and oxygen atoms in total. The topological polar surface area (TPSA) is 57.0 Å². The van der Waals surface area contributed by atoms with Gasteiger partial charge in [0.1, 0.15) is 5.69 Å². The normalized spacial score (nSPS) is 10.8. The molecule has 0 saturated heterocycles.